The van der Waals surface area contributed by atoms with Gasteiger partial charge in [0.15, 0.2) is 6.61 Å². The maximum atomic E-state index is 13.5. The molecule has 0 spiro atoms. The molecule has 0 saturated carbocycles. The Kier molecular flexibility index (Phi) is 11.4. The summed E-state index contributed by atoms with van der Waals surface area (Å²) in [5.74, 6) is -0.311. The molecule has 3 aromatic rings. The number of benzene rings is 2. The number of aryl methyl sites for hydroxylation is 1. The minimum atomic E-state index is -0.331. The van der Waals surface area contributed by atoms with Gasteiger partial charge in [0, 0.05) is 36.2 Å². The second-order valence-electron chi connectivity index (χ2n) is 8.51. The summed E-state index contributed by atoms with van der Waals surface area (Å²) in [6, 6.07) is 14.9. The third-order valence-electron chi connectivity index (χ3n) is 5.72. The average molecular weight is 547 g/mol. The third kappa shape index (κ3) is 9.46. The van der Waals surface area contributed by atoms with Gasteiger partial charge in [-0.3, -0.25) is 9.59 Å². The highest BCUT2D eigenvalue weighted by Gasteiger charge is 2.23. The predicted octanol–water partition coefficient (Wildman–Crippen LogP) is 5.71. The van der Waals surface area contributed by atoms with E-state index in [4.69, 9.17) is 21.1 Å². The summed E-state index contributed by atoms with van der Waals surface area (Å²) in [6.45, 7) is 5.75. The van der Waals surface area contributed by atoms with E-state index in [0.717, 1.165) is 16.0 Å². The first-order valence-electron chi connectivity index (χ1n) is 12.1. The number of carbonyl (C=O) groups excluding carboxylic acids is 2. The molecule has 0 unspecified atom stereocenters. The Morgan fingerprint density at radius 3 is 2.35 bits per heavy atom. The molecule has 1 aromatic heterocycles. The topological polar surface area (TPSA) is 59.1 Å². The minimum absolute atomic E-state index is 0.0967. The summed E-state index contributed by atoms with van der Waals surface area (Å²) in [4.78, 5) is 30.9. The van der Waals surface area contributed by atoms with Crippen molar-refractivity contribution in [3.05, 3.63) is 86.8 Å². The molecule has 0 atom stereocenters. The number of halogens is 2. The van der Waals surface area contributed by atoms with Crippen LogP contribution in [-0.2, 0) is 27.4 Å². The number of thiophene rings is 1. The summed E-state index contributed by atoms with van der Waals surface area (Å²) >= 11 is 7.50. The van der Waals surface area contributed by atoms with Gasteiger partial charge in [0.05, 0.1) is 13.1 Å². The normalized spacial score (nSPS) is 10.8. The Morgan fingerprint density at radius 2 is 1.70 bits per heavy atom. The van der Waals surface area contributed by atoms with Crippen molar-refractivity contribution in [1.82, 2.24) is 9.80 Å². The molecular weight excluding hydrogens is 515 g/mol. The Hall–Kier alpha value is -2.94. The van der Waals surface area contributed by atoms with Crippen LogP contribution >= 0.6 is 22.9 Å². The number of rotatable bonds is 14. The summed E-state index contributed by atoms with van der Waals surface area (Å²) in [5.41, 5.74) is 1.91. The SMILES string of the molecule is CCOCCCN(CC(=O)N(Cc1ccc(F)cc1)Cc1sccc1C)C(=O)COc1ccc(Cl)cc1. The van der Waals surface area contributed by atoms with E-state index in [-0.39, 0.29) is 30.8 Å². The molecule has 9 heteroatoms. The molecule has 3 rings (SSSR count). The molecule has 0 aliphatic heterocycles. The molecule has 0 aliphatic rings. The highest BCUT2D eigenvalue weighted by atomic mass is 35.5. The zero-order valence-electron chi connectivity index (χ0n) is 21.1. The molecule has 0 N–H and O–H groups in total. The van der Waals surface area contributed by atoms with E-state index in [1.165, 1.54) is 17.0 Å². The van der Waals surface area contributed by atoms with Crippen molar-refractivity contribution < 1.29 is 23.5 Å². The van der Waals surface area contributed by atoms with Crippen LogP contribution in [0, 0.1) is 12.7 Å². The molecule has 0 fully saturated rings. The first-order valence-corrected chi connectivity index (χ1v) is 13.4. The first-order chi connectivity index (χ1) is 17.9. The number of ether oxygens (including phenoxy) is 2. The Balaban J connectivity index is 1.72. The Bertz CT molecular complexity index is 1140. The van der Waals surface area contributed by atoms with Gasteiger partial charge in [0.25, 0.3) is 5.91 Å². The molecule has 2 amide bonds. The predicted molar refractivity (Wildman–Crippen MR) is 144 cm³/mol. The van der Waals surface area contributed by atoms with Crippen molar-refractivity contribution in [3.8, 4) is 5.75 Å². The highest BCUT2D eigenvalue weighted by molar-refractivity contribution is 7.10. The van der Waals surface area contributed by atoms with Crippen LogP contribution in [0.5, 0.6) is 5.75 Å². The molecule has 0 bridgehead atoms. The van der Waals surface area contributed by atoms with E-state index in [1.807, 2.05) is 25.3 Å². The van der Waals surface area contributed by atoms with Gasteiger partial charge < -0.3 is 19.3 Å². The highest BCUT2D eigenvalue weighted by Crippen LogP contribution is 2.20. The van der Waals surface area contributed by atoms with Gasteiger partial charge in [0.2, 0.25) is 5.91 Å². The fourth-order valence-electron chi connectivity index (χ4n) is 3.61. The molecule has 6 nitrogen and oxygen atoms in total. The lowest BCUT2D eigenvalue weighted by atomic mass is 10.2. The van der Waals surface area contributed by atoms with E-state index >= 15 is 0 Å². The van der Waals surface area contributed by atoms with Gasteiger partial charge in [-0.1, -0.05) is 23.7 Å². The largest absolute Gasteiger partial charge is 0.484 e. The van der Waals surface area contributed by atoms with Crippen LogP contribution in [0.3, 0.4) is 0 Å². The summed E-state index contributed by atoms with van der Waals surface area (Å²) in [6.07, 6.45) is 0.593. The van der Waals surface area contributed by atoms with Crippen LogP contribution in [0.25, 0.3) is 0 Å². The molecule has 0 radical (unpaired) electrons. The van der Waals surface area contributed by atoms with Crippen molar-refractivity contribution in [2.45, 2.75) is 33.4 Å². The first kappa shape index (κ1) is 28.6. The second kappa shape index (κ2) is 14.7. The van der Waals surface area contributed by atoms with Crippen LogP contribution < -0.4 is 4.74 Å². The number of amides is 2. The fourth-order valence-corrected chi connectivity index (χ4v) is 4.65. The lowest BCUT2D eigenvalue weighted by molar-refractivity contribution is -0.142. The van der Waals surface area contributed by atoms with Crippen molar-refractivity contribution >= 4 is 34.8 Å². The summed E-state index contributed by atoms with van der Waals surface area (Å²) < 4.78 is 24.5. The summed E-state index contributed by atoms with van der Waals surface area (Å²) in [5, 5.41) is 2.56. The third-order valence-corrected chi connectivity index (χ3v) is 6.98. The smallest absolute Gasteiger partial charge is 0.260 e. The number of hydrogen-bond donors (Lipinski definition) is 0. The minimum Gasteiger partial charge on any atom is -0.484 e. The van der Waals surface area contributed by atoms with E-state index < -0.39 is 0 Å². The van der Waals surface area contributed by atoms with Crippen molar-refractivity contribution in [3.63, 3.8) is 0 Å². The molecular formula is C28H32ClFN2O4S. The van der Waals surface area contributed by atoms with Gasteiger partial charge in [-0.2, -0.15) is 0 Å². The monoisotopic (exact) mass is 546 g/mol. The fraction of sp³-hybridized carbons (Fsp3) is 0.357. The van der Waals surface area contributed by atoms with Gasteiger partial charge in [-0.05, 0) is 79.2 Å². The zero-order valence-corrected chi connectivity index (χ0v) is 22.7. The van der Waals surface area contributed by atoms with Crippen molar-refractivity contribution in [2.24, 2.45) is 0 Å². The van der Waals surface area contributed by atoms with Crippen molar-refractivity contribution in [2.75, 3.05) is 32.9 Å². The standard InChI is InChI=1S/C28H32ClFN2O4S/c1-3-35-15-4-14-31(28(34)20-36-25-11-7-23(29)8-12-25)19-27(33)32(18-26-21(2)13-16-37-26)17-22-5-9-24(30)10-6-22/h5-13,16H,3-4,14-15,17-20H2,1-2H3. The van der Waals surface area contributed by atoms with Crippen LogP contribution in [0.15, 0.2) is 60.0 Å². The lowest BCUT2D eigenvalue weighted by Gasteiger charge is -2.28. The lowest BCUT2D eigenvalue weighted by Crippen LogP contribution is -2.44. The van der Waals surface area contributed by atoms with Crippen molar-refractivity contribution in [1.29, 1.82) is 0 Å². The van der Waals surface area contributed by atoms with Crippen LogP contribution in [-0.4, -0.2) is 54.5 Å². The molecule has 0 aliphatic carbocycles. The summed E-state index contributed by atoms with van der Waals surface area (Å²) in [7, 11) is 0. The molecule has 198 valence electrons. The zero-order chi connectivity index (χ0) is 26.6. The molecule has 2 aromatic carbocycles. The number of carbonyl (C=O) groups is 2. The van der Waals surface area contributed by atoms with Crippen LogP contribution in [0.2, 0.25) is 5.02 Å². The maximum absolute atomic E-state index is 13.5. The Morgan fingerprint density at radius 1 is 0.973 bits per heavy atom. The number of hydrogen-bond acceptors (Lipinski definition) is 5. The van der Waals surface area contributed by atoms with Gasteiger partial charge in [-0.15, -0.1) is 11.3 Å². The van der Waals surface area contributed by atoms with E-state index in [2.05, 4.69) is 0 Å². The van der Waals surface area contributed by atoms with E-state index in [0.29, 0.717) is 50.0 Å². The average Bonchev–Trinajstić information content (AvgIpc) is 3.30. The van der Waals surface area contributed by atoms with Gasteiger partial charge in [0.1, 0.15) is 11.6 Å². The van der Waals surface area contributed by atoms with Gasteiger partial charge >= 0.3 is 0 Å². The quantitative estimate of drug-likeness (QED) is 0.243. The van der Waals surface area contributed by atoms with Gasteiger partial charge in [-0.25, -0.2) is 4.39 Å². The number of nitrogens with zero attached hydrogens (tertiary/aromatic N) is 2. The molecule has 0 saturated heterocycles. The van der Waals surface area contributed by atoms with E-state index in [9.17, 15) is 14.0 Å². The Labute approximate surface area is 226 Å². The molecule has 37 heavy (non-hydrogen) atoms. The second-order valence-corrected chi connectivity index (χ2v) is 9.95. The maximum Gasteiger partial charge on any atom is 0.260 e. The van der Waals surface area contributed by atoms with Crippen LogP contribution in [0.1, 0.15) is 29.3 Å². The van der Waals surface area contributed by atoms with E-state index in [1.54, 1.807) is 52.6 Å². The molecule has 1 heterocycles. The van der Waals surface area contributed by atoms with Crippen LogP contribution in [0.4, 0.5) is 4.39 Å².